The normalized spacial score (nSPS) is 14.7. The zero-order valence-electron chi connectivity index (χ0n) is 33.8. The van der Waals surface area contributed by atoms with E-state index in [1.54, 1.807) is 0 Å². The van der Waals surface area contributed by atoms with Crippen LogP contribution in [-0.4, -0.2) is 11.4 Å². The van der Waals surface area contributed by atoms with Gasteiger partial charge in [-0.15, -0.1) is 0 Å². The predicted molar refractivity (Wildman–Crippen MR) is 242 cm³/mol. The van der Waals surface area contributed by atoms with Gasteiger partial charge in [-0.25, -0.2) is 0 Å². The monoisotopic (exact) mass is 724 g/mol. The molecule has 274 valence electrons. The van der Waals surface area contributed by atoms with E-state index in [0.29, 0.717) is 0 Å². The van der Waals surface area contributed by atoms with Gasteiger partial charge in [0.2, 0.25) is 0 Å². The van der Waals surface area contributed by atoms with Crippen LogP contribution in [-0.2, 0) is 17.3 Å². The van der Waals surface area contributed by atoms with Crippen LogP contribution in [0.1, 0.15) is 88.6 Å². The fourth-order valence-corrected chi connectivity index (χ4v) is 10.8. The number of anilines is 2. The summed E-state index contributed by atoms with van der Waals surface area (Å²) in [5.41, 5.74) is 21.6. The fraction of sp³-hybridized carbons (Fsp3) is 0.245. The summed E-state index contributed by atoms with van der Waals surface area (Å²) in [6, 6.07) is 47.4. The van der Waals surface area contributed by atoms with Crippen LogP contribution in [0.2, 0.25) is 0 Å². The maximum absolute atomic E-state index is 2.72. The summed E-state index contributed by atoms with van der Waals surface area (Å²) in [4.78, 5) is 2.72. The molecule has 0 bridgehead atoms. The van der Waals surface area contributed by atoms with Crippen molar-refractivity contribution in [1.29, 1.82) is 0 Å². The molecule has 0 radical (unpaired) electrons. The van der Waals surface area contributed by atoms with Crippen LogP contribution in [0.25, 0.3) is 60.5 Å². The maximum Gasteiger partial charge on any atom is 0.333 e. The molecular formula is C53H49BN2. The highest BCUT2D eigenvalue weighted by Crippen LogP contribution is 2.54. The number of unbranched alkanes of at least 4 members (excludes halogenated alkanes) is 2. The van der Waals surface area contributed by atoms with Crippen LogP contribution in [0.4, 0.5) is 11.4 Å². The lowest BCUT2D eigenvalue weighted by Gasteiger charge is -2.43. The highest BCUT2D eigenvalue weighted by atomic mass is 15.1. The molecule has 0 spiro atoms. The van der Waals surface area contributed by atoms with Crippen molar-refractivity contribution in [3.05, 3.63) is 149 Å². The third kappa shape index (κ3) is 4.52. The molecule has 0 amide bonds. The second kappa shape index (κ2) is 11.7. The van der Waals surface area contributed by atoms with E-state index in [-0.39, 0.29) is 17.7 Å². The van der Waals surface area contributed by atoms with Gasteiger partial charge in [-0.1, -0.05) is 145 Å². The molecule has 2 aliphatic heterocycles. The number of aromatic nitrogens is 1. The van der Waals surface area contributed by atoms with Gasteiger partial charge < -0.3 is 9.38 Å². The minimum Gasteiger partial charge on any atom is -0.376 e. The Labute approximate surface area is 331 Å². The van der Waals surface area contributed by atoms with Gasteiger partial charge in [0.05, 0.1) is 11.0 Å². The maximum atomic E-state index is 2.72. The van der Waals surface area contributed by atoms with Crippen molar-refractivity contribution in [3.63, 3.8) is 0 Å². The zero-order chi connectivity index (χ0) is 38.2. The van der Waals surface area contributed by atoms with Crippen molar-refractivity contribution >= 4 is 61.7 Å². The minimum atomic E-state index is -0.0961. The van der Waals surface area contributed by atoms with E-state index >= 15 is 0 Å². The van der Waals surface area contributed by atoms with Gasteiger partial charge in [0, 0.05) is 44.2 Å². The van der Waals surface area contributed by atoms with Gasteiger partial charge in [-0.2, -0.15) is 0 Å². The summed E-state index contributed by atoms with van der Waals surface area (Å²) >= 11 is 0. The lowest BCUT2D eigenvalue weighted by Crippen LogP contribution is -2.60. The zero-order valence-corrected chi connectivity index (χ0v) is 33.8. The molecule has 0 atom stereocenters. The summed E-state index contributed by atoms with van der Waals surface area (Å²) in [6.07, 6.45) is 4.88. The van der Waals surface area contributed by atoms with E-state index in [0.717, 1.165) is 6.42 Å². The second-order valence-electron chi connectivity index (χ2n) is 18.4. The lowest BCUT2D eigenvalue weighted by molar-refractivity contribution is 0.590. The molecule has 8 aromatic rings. The van der Waals surface area contributed by atoms with Crippen molar-refractivity contribution in [2.75, 3.05) is 4.81 Å². The number of nitrogens with zero attached hydrogens (tertiary/aromatic N) is 2. The standard InChI is InChI=1S/C53H49BN2/c1-8-9-10-15-33-20-24-36(25-21-33)56-47-31-40-38-18-13-14-19-43(38)53(6,7)44(40)30-41(47)42-28-32(2)48-39-26-22-34-16-11-12-17-37(34)50(39)55-46-27-23-35(52(3,4)5)29-45(46)54(56)49(42)51(48)55/h11-14,16-31H,8-10,15H2,1-7H3. The first-order valence-corrected chi connectivity index (χ1v) is 20.9. The van der Waals surface area contributed by atoms with E-state index in [1.807, 2.05) is 0 Å². The van der Waals surface area contributed by atoms with E-state index in [4.69, 9.17) is 0 Å². The van der Waals surface area contributed by atoms with Crippen LogP contribution >= 0.6 is 0 Å². The molecule has 3 heteroatoms. The molecule has 11 rings (SSSR count). The summed E-state index contributed by atoms with van der Waals surface area (Å²) in [5, 5.41) is 5.31. The van der Waals surface area contributed by atoms with Gasteiger partial charge in [-0.05, 0) is 116 Å². The number of hydrogen-bond donors (Lipinski definition) is 0. The van der Waals surface area contributed by atoms with Crippen molar-refractivity contribution in [2.24, 2.45) is 0 Å². The van der Waals surface area contributed by atoms with Gasteiger partial charge in [0.25, 0.3) is 0 Å². The fourth-order valence-electron chi connectivity index (χ4n) is 10.8. The Bertz CT molecular complexity index is 2950. The Morgan fingerprint density at radius 3 is 2.23 bits per heavy atom. The average Bonchev–Trinajstić information content (AvgIpc) is 3.67. The lowest BCUT2D eigenvalue weighted by atomic mass is 9.43. The molecule has 0 fully saturated rings. The van der Waals surface area contributed by atoms with E-state index in [9.17, 15) is 0 Å². The van der Waals surface area contributed by atoms with Crippen LogP contribution < -0.4 is 15.7 Å². The Morgan fingerprint density at radius 2 is 1.43 bits per heavy atom. The first-order chi connectivity index (χ1) is 27.1. The Balaban J connectivity index is 1.30. The van der Waals surface area contributed by atoms with E-state index < -0.39 is 0 Å². The highest BCUT2D eigenvalue weighted by molar-refractivity contribution is 6.93. The summed E-state index contributed by atoms with van der Waals surface area (Å²) in [5.74, 6) is 0. The van der Waals surface area contributed by atoms with Gasteiger partial charge in [0.1, 0.15) is 0 Å². The van der Waals surface area contributed by atoms with Crippen LogP contribution in [0.5, 0.6) is 0 Å². The van der Waals surface area contributed by atoms with Crippen LogP contribution in [0.15, 0.2) is 121 Å². The topological polar surface area (TPSA) is 8.17 Å². The molecule has 3 aliphatic rings. The van der Waals surface area contributed by atoms with Crippen molar-refractivity contribution in [1.82, 2.24) is 4.57 Å². The molecule has 3 heterocycles. The Kier molecular flexibility index (Phi) is 7.08. The van der Waals surface area contributed by atoms with Gasteiger partial charge >= 0.3 is 6.85 Å². The smallest absolute Gasteiger partial charge is 0.333 e. The summed E-state index contributed by atoms with van der Waals surface area (Å²) in [6.45, 7) is 16.5. The summed E-state index contributed by atoms with van der Waals surface area (Å²) in [7, 11) is 0. The molecule has 7 aromatic carbocycles. The molecule has 0 N–H and O–H groups in total. The molecular weight excluding hydrogens is 675 g/mol. The van der Waals surface area contributed by atoms with E-state index in [1.165, 1.54) is 130 Å². The molecule has 0 saturated carbocycles. The Hall–Kier alpha value is -5.54. The highest BCUT2D eigenvalue weighted by Gasteiger charge is 2.46. The average molecular weight is 725 g/mol. The van der Waals surface area contributed by atoms with Gasteiger partial charge in [0.15, 0.2) is 0 Å². The number of hydrogen-bond acceptors (Lipinski definition) is 1. The molecule has 0 unspecified atom stereocenters. The molecule has 1 aromatic heterocycles. The van der Waals surface area contributed by atoms with E-state index in [2.05, 4.69) is 179 Å². The first-order valence-electron chi connectivity index (χ1n) is 20.9. The van der Waals surface area contributed by atoms with Crippen molar-refractivity contribution in [2.45, 2.75) is 85.0 Å². The van der Waals surface area contributed by atoms with Crippen LogP contribution in [0.3, 0.4) is 0 Å². The SMILES string of the molecule is CCCCCc1ccc(N2B3c4cc(C(C)(C)C)ccc4-n4c5c3c(cc(C)c5c3ccc5ccccc5c34)-c3cc4c(cc32)-c2ccccc2C4(C)C)cc1. The summed E-state index contributed by atoms with van der Waals surface area (Å²) < 4.78 is 2.66. The van der Waals surface area contributed by atoms with Gasteiger partial charge in [-0.3, -0.25) is 0 Å². The largest absolute Gasteiger partial charge is 0.376 e. The quantitative estimate of drug-likeness (QED) is 0.127. The molecule has 2 nitrogen and oxygen atoms in total. The number of fused-ring (bicyclic) bond motifs is 13. The second-order valence-corrected chi connectivity index (χ2v) is 18.4. The number of benzene rings is 7. The first kappa shape index (κ1) is 33.8. The number of rotatable bonds is 5. The third-order valence-electron chi connectivity index (χ3n) is 13.6. The Morgan fingerprint density at radius 1 is 0.643 bits per heavy atom. The molecule has 1 aliphatic carbocycles. The minimum absolute atomic E-state index is 0.000155. The molecule has 56 heavy (non-hydrogen) atoms. The number of aryl methyl sites for hydroxylation is 2. The third-order valence-corrected chi connectivity index (χ3v) is 13.6. The predicted octanol–water partition coefficient (Wildman–Crippen LogP) is 12.8. The molecule has 0 saturated heterocycles. The van der Waals surface area contributed by atoms with Crippen molar-refractivity contribution < 1.29 is 0 Å². The van der Waals surface area contributed by atoms with Crippen LogP contribution in [0, 0.1) is 6.92 Å². The van der Waals surface area contributed by atoms with Crippen molar-refractivity contribution in [3.8, 4) is 27.9 Å².